The summed E-state index contributed by atoms with van der Waals surface area (Å²) in [5.74, 6) is 0.224. The van der Waals surface area contributed by atoms with Crippen molar-refractivity contribution in [2.45, 2.75) is 0 Å². The van der Waals surface area contributed by atoms with Crippen molar-refractivity contribution in [3.05, 3.63) is 24.3 Å². The molecule has 0 aromatic heterocycles. The molecule has 0 saturated carbocycles. The van der Waals surface area contributed by atoms with E-state index in [1.165, 1.54) is 6.07 Å². The van der Waals surface area contributed by atoms with Gasteiger partial charge in [-0.2, -0.15) is 0 Å². The van der Waals surface area contributed by atoms with Gasteiger partial charge in [0.15, 0.2) is 5.75 Å². The number of hydrogen-bond acceptors (Lipinski definition) is 3. The SMILES string of the molecule is NC(=O)Oc1ccccc1NC=O. The van der Waals surface area contributed by atoms with Crippen molar-refractivity contribution in [3.8, 4) is 5.75 Å². The van der Waals surface area contributed by atoms with Gasteiger partial charge in [-0.3, -0.25) is 4.79 Å². The average molecular weight is 180 g/mol. The Kier molecular flexibility index (Phi) is 2.86. The van der Waals surface area contributed by atoms with Gasteiger partial charge in [0.2, 0.25) is 6.41 Å². The molecule has 68 valence electrons. The van der Waals surface area contributed by atoms with Crippen LogP contribution in [0, 0.1) is 0 Å². The first-order chi connectivity index (χ1) is 6.24. The van der Waals surface area contributed by atoms with Crippen molar-refractivity contribution in [1.29, 1.82) is 0 Å². The maximum atomic E-state index is 10.4. The number of benzene rings is 1. The molecule has 0 atom stereocenters. The van der Waals surface area contributed by atoms with Crippen LogP contribution >= 0.6 is 0 Å². The summed E-state index contributed by atoms with van der Waals surface area (Å²) >= 11 is 0. The van der Waals surface area contributed by atoms with Crippen molar-refractivity contribution in [2.75, 3.05) is 5.32 Å². The quantitative estimate of drug-likeness (QED) is 0.672. The second kappa shape index (κ2) is 4.10. The van der Waals surface area contributed by atoms with E-state index in [0.29, 0.717) is 12.1 Å². The number of nitrogens with one attached hydrogen (secondary N) is 1. The molecule has 3 N–H and O–H groups in total. The highest BCUT2D eigenvalue weighted by Gasteiger charge is 2.03. The smallest absolute Gasteiger partial charge is 0.408 e. The van der Waals surface area contributed by atoms with Crippen molar-refractivity contribution in [1.82, 2.24) is 0 Å². The number of nitrogens with two attached hydrogens (primary N) is 1. The Bertz CT molecular complexity index is 325. The fourth-order valence-electron chi connectivity index (χ4n) is 0.847. The van der Waals surface area contributed by atoms with E-state index in [0.717, 1.165) is 0 Å². The van der Waals surface area contributed by atoms with E-state index in [2.05, 4.69) is 10.1 Å². The number of amides is 2. The Morgan fingerprint density at radius 3 is 2.77 bits per heavy atom. The number of hydrogen-bond donors (Lipinski definition) is 2. The molecule has 0 radical (unpaired) electrons. The minimum atomic E-state index is -0.917. The molecule has 1 aromatic carbocycles. The molecule has 2 amide bonds. The van der Waals surface area contributed by atoms with Crippen molar-refractivity contribution < 1.29 is 14.3 Å². The summed E-state index contributed by atoms with van der Waals surface area (Å²) in [6, 6.07) is 6.47. The summed E-state index contributed by atoms with van der Waals surface area (Å²) < 4.78 is 4.62. The Hall–Kier alpha value is -2.04. The third kappa shape index (κ3) is 2.48. The van der Waals surface area contributed by atoms with Crippen LogP contribution in [0.25, 0.3) is 0 Å². The van der Waals surface area contributed by atoms with E-state index in [9.17, 15) is 9.59 Å². The van der Waals surface area contributed by atoms with Crippen LogP contribution < -0.4 is 15.8 Å². The molecule has 0 spiro atoms. The standard InChI is InChI=1S/C8H8N2O3/c9-8(12)13-7-4-2-1-3-6(7)10-5-11/h1-5H,(H2,9,12)(H,10,11). The lowest BCUT2D eigenvalue weighted by Gasteiger charge is -2.05. The van der Waals surface area contributed by atoms with Gasteiger partial charge in [-0.05, 0) is 12.1 Å². The zero-order valence-corrected chi connectivity index (χ0v) is 6.69. The predicted octanol–water partition coefficient (Wildman–Crippen LogP) is 0.712. The van der Waals surface area contributed by atoms with Crippen LogP contribution in [0.2, 0.25) is 0 Å². The van der Waals surface area contributed by atoms with Gasteiger partial charge in [-0.15, -0.1) is 0 Å². The van der Waals surface area contributed by atoms with Crippen LogP contribution in [0.5, 0.6) is 5.75 Å². The number of anilines is 1. The average Bonchev–Trinajstić information content (AvgIpc) is 2.08. The molecule has 0 saturated heterocycles. The number of carbonyl (C=O) groups is 2. The fraction of sp³-hybridized carbons (Fsp3) is 0. The second-order valence-corrected chi connectivity index (χ2v) is 2.18. The number of carbonyl (C=O) groups excluding carboxylic acids is 2. The minimum Gasteiger partial charge on any atom is -0.408 e. The van der Waals surface area contributed by atoms with Gasteiger partial charge in [-0.25, -0.2) is 4.79 Å². The van der Waals surface area contributed by atoms with Crippen LogP contribution in [-0.4, -0.2) is 12.5 Å². The van der Waals surface area contributed by atoms with Crippen molar-refractivity contribution in [3.63, 3.8) is 0 Å². The molecule has 0 bridgehead atoms. The summed E-state index contributed by atoms with van der Waals surface area (Å²) in [6.07, 6.45) is -0.427. The first-order valence-electron chi connectivity index (χ1n) is 3.50. The molecule has 0 heterocycles. The van der Waals surface area contributed by atoms with Gasteiger partial charge in [0.25, 0.3) is 0 Å². The second-order valence-electron chi connectivity index (χ2n) is 2.18. The number of para-hydroxylation sites is 2. The molecule has 5 heteroatoms. The van der Waals surface area contributed by atoms with E-state index in [1.807, 2.05) is 0 Å². The maximum absolute atomic E-state index is 10.4. The Morgan fingerprint density at radius 1 is 1.46 bits per heavy atom. The third-order valence-corrected chi connectivity index (χ3v) is 1.31. The molecule has 0 aliphatic carbocycles. The molecule has 1 aromatic rings. The van der Waals surface area contributed by atoms with Gasteiger partial charge < -0.3 is 15.8 Å². The van der Waals surface area contributed by atoms with E-state index in [1.54, 1.807) is 18.2 Å². The highest BCUT2D eigenvalue weighted by atomic mass is 16.5. The van der Waals surface area contributed by atoms with E-state index in [4.69, 9.17) is 5.73 Å². The lowest BCUT2D eigenvalue weighted by molar-refractivity contribution is -0.105. The van der Waals surface area contributed by atoms with Crippen LogP contribution in [0.3, 0.4) is 0 Å². The topological polar surface area (TPSA) is 81.4 Å². The van der Waals surface area contributed by atoms with Gasteiger partial charge in [0, 0.05) is 0 Å². The van der Waals surface area contributed by atoms with Gasteiger partial charge in [-0.1, -0.05) is 12.1 Å². The van der Waals surface area contributed by atoms with Crippen molar-refractivity contribution >= 4 is 18.2 Å². The zero-order chi connectivity index (χ0) is 9.68. The van der Waals surface area contributed by atoms with E-state index in [-0.39, 0.29) is 5.75 Å². The van der Waals surface area contributed by atoms with E-state index < -0.39 is 6.09 Å². The van der Waals surface area contributed by atoms with Gasteiger partial charge in [0.1, 0.15) is 0 Å². The predicted molar refractivity (Wildman–Crippen MR) is 46.3 cm³/mol. The minimum absolute atomic E-state index is 0.224. The zero-order valence-electron chi connectivity index (χ0n) is 6.69. The highest BCUT2D eigenvalue weighted by Crippen LogP contribution is 2.22. The normalized spacial score (nSPS) is 8.92. The number of ether oxygens (including phenoxy) is 1. The third-order valence-electron chi connectivity index (χ3n) is 1.31. The van der Waals surface area contributed by atoms with Gasteiger partial charge in [0.05, 0.1) is 5.69 Å². The molecular weight excluding hydrogens is 172 g/mol. The lowest BCUT2D eigenvalue weighted by Crippen LogP contribution is -2.17. The highest BCUT2D eigenvalue weighted by molar-refractivity contribution is 5.78. The molecule has 0 aliphatic rings. The summed E-state index contributed by atoms with van der Waals surface area (Å²) in [5.41, 5.74) is 5.21. The Balaban J connectivity index is 2.90. The van der Waals surface area contributed by atoms with Crippen LogP contribution in [0.1, 0.15) is 0 Å². The van der Waals surface area contributed by atoms with Crippen molar-refractivity contribution in [2.24, 2.45) is 5.73 Å². The summed E-state index contributed by atoms with van der Waals surface area (Å²) in [6.45, 7) is 0. The molecule has 13 heavy (non-hydrogen) atoms. The monoisotopic (exact) mass is 180 g/mol. The van der Waals surface area contributed by atoms with Crippen LogP contribution in [-0.2, 0) is 4.79 Å². The Labute approximate surface area is 74.5 Å². The molecule has 0 fully saturated rings. The maximum Gasteiger partial charge on any atom is 0.410 e. The Morgan fingerprint density at radius 2 is 2.15 bits per heavy atom. The molecule has 0 aliphatic heterocycles. The lowest BCUT2D eigenvalue weighted by atomic mass is 10.3. The summed E-state index contributed by atoms with van der Waals surface area (Å²) in [7, 11) is 0. The number of rotatable bonds is 3. The van der Waals surface area contributed by atoms with Gasteiger partial charge >= 0.3 is 6.09 Å². The largest absolute Gasteiger partial charge is 0.410 e. The first kappa shape index (κ1) is 9.05. The summed E-state index contributed by atoms with van der Waals surface area (Å²) in [5, 5.41) is 2.37. The molecule has 5 nitrogen and oxygen atoms in total. The fourth-order valence-corrected chi connectivity index (χ4v) is 0.847. The molecule has 1 rings (SSSR count). The molecular formula is C8H8N2O3. The van der Waals surface area contributed by atoms with Crippen LogP contribution in [0.15, 0.2) is 24.3 Å². The van der Waals surface area contributed by atoms with Crippen LogP contribution in [0.4, 0.5) is 10.5 Å². The first-order valence-corrected chi connectivity index (χ1v) is 3.50. The number of primary amides is 1. The van der Waals surface area contributed by atoms with E-state index >= 15 is 0 Å². The summed E-state index contributed by atoms with van der Waals surface area (Å²) in [4.78, 5) is 20.5. The molecule has 0 unspecified atom stereocenters.